The van der Waals surface area contributed by atoms with Gasteiger partial charge in [0.15, 0.2) is 6.61 Å². The lowest BCUT2D eigenvalue weighted by Crippen LogP contribution is -2.40. The van der Waals surface area contributed by atoms with E-state index in [9.17, 15) is 31.5 Å². The molecule has 2 aromatic carbocycles. The molecule has 1 amide bonds. The number of sulfonamides is 2. The fourth-order valence-corrected chi connectivity index (χ4v) is 7.12. The number of morpholine rings is 1. The van der Waals surface area contributed by atoms with E-state index in [0.29, 0.717) is 0 Å². The summed E-state index contributed by atoms with van der Waals surface area (Å²) in [6, 6.07) is 10.4. The number of phenolic OH excluding ortho intramolecular Hbond substituents is 1. The maximum Gasteiger partial charge on any atom is 0.342 e. The molecule has 13 nitrogen and oxygen atoms in total. The van der Waals surface area contributed by atoms with E-state index in [2.05, 4.69) is 10.0 Å². The number of anilines is 2. The third-order valence-corrected chi connectivity index (χ3v) is 10.3. The summed E-state index contributed by atoms with van der Waals surface area (Å²) in [5.41, 5.74) is -0.230. The van der Waals surface area contributed by atoms with Crippen molar-refractivity contribution in [3.63, 3.8) is 0 Å². The highest BCUT2D eigenvalue weighted by atomic mass is 32.2. The van der Waals surface area contributed by atoms with Gasteiger partial charge in [0.2, 0.25) is 10.0 Å². The number of aromatic hydroxyl groups is 1. The zero-order valence-electron chi connectivity index (χ0n) is 21.0. The summed E-state index contributed by atoms with van der Waals surface area (Å²) in [5.74, 6) is -2.27. The van der Waals surface area contributed by atoms with E-state index in [4.69, 9.17) is 14.2 Å². The third kappa shape index (κ3) is 6.71. The van der Waals surface area contributed by atoms with Crippen LogP contribution in [0.1, 0.15) is 10.4 Å². The number of phenols is 1. The van der Waals surface area contributed by atoms with Crippen LogP contribution in [0.5, 0.6) is 11.5 Å². The number of benzene rings is 2. The molecule has 0 radical (unpaired) electrons. The molecule has 1 saturated heterocycles. The van der Waals surface area contributed by atoms with Crippen LogP contribution < -0.4 is 14.8 Å². The Kier molecular flexibility index (Phi) is 8.95. The molecule has 1 aliphatic rings. The number of ether oxygens (including phenoxy) is 3. The lowest BCUT2D eigenvalue weighted by molar-refractivity contribution is -0.119. The second-order valence-electron chi connectivity index (χ2n) is 8.27. The second-order valence-corrected chi connectivity index (χ2v) is 13.1. The van der Waals surface area contributed by atoms with Gasteiger partial charge in [-0.25, -0.2) is 21.6 Å². The number of thiophene rings is 1. The van der Waals surface area contributed by atoms with Crippen molar-refractivity contribution in [1.29, 1.82) is 0 Å². The van der Waals surface area contributed by atoms with Crippen LogP contribution in [0.25, 0.3) is 0 Å². The average Bonchev–Trinajstić information content (AvgIpc) is 3.50. The van der Waals surface area contributed by atoms with Crippen LogP contribution in [0.3, 0.4) is 0 Å². The van der Waals surface area contributed by atoms with Crippen LogP contribution in [0, 0.1) is 0 Å². The Morgan fingerprint density at radius 1 is 1.07 bits per heavy atom. The number of amides is 1. The number of hydrogen-bond donors (Lipinski definition) is 3. The van der Waals surface area contributed by atoms with Crippen molar-refractivity contribution in [2.75, 3.05) is 50.1 Å². The fourth-order valence-electron chi connectivity index (χ4n) is 3.65. The molecule has 0 aliphatic carbocycles. The minimum absolute atomic E-state index is 0.000501. The van der Waals surface area contributed by atoms with Crippen LogP contribution in [0.2, 0.25) is 0 Å². The highest BCUT2D eigenvalue weighted by molar-refractivity contribution is 7.94. The molecule has 1 aliphatic heterocycles. The monoisotopic (exact) mass is 611 g/mol. The van der Waals surface area contributed by atoms with Gasteiger partial charge in [-0.15, -0.1) is 11.3 Å². The van der Waals surface area contributed by atoms with Crippen molar-refractivity contribution < 1.29 is 45.7 Å². The largest absolute Gasteiger partial charge is 0.507 e. The molecule has 40 heavy (non-hydrogen) atoms. The minimum Gasteiger partial charge on any atom is -0.507 e. The summed E-state index contributed by atoms with van der Waals surface area (Å²) in [5, 5.41) is 14.2. The van der Waals surface area contributed by atoms with Gasteiger partial charge in [-0.05, 0) is 41.8 Å². The summed E-state index contributed by atoms with van der Waals surface area (Å²) in [6.07, 6.45) is 0. The second kappa shape index (κ2) is 12.2. The van der Waals surface area contributed by atoms with Crippen LogP contribution in [-0.4, -0.2) is 78.1 Å². The molecule has 0 atom stereocenters. The number of esters is 1. The molecule has 214 valence electrons. The number of rotatable bonds is 10. The van der Waals surface area contributed by atoms with Gasteiger partial charge < -0.3 is 24.6 Å². The van der Waals surface area contributed by atoms with Gasteiger partial charge in [0.1, 0.15) is 21.3 Å². The Labute approximate surface area is 234 Å². The predicted molar refractivity (Wildman–Crippen MR) is 145 cm³/mol. The molecule has 0 bridgehead atoms. The predicted octanol–water partition coefficient (Wildman–Crippen LogP) is 2.08. The van der Waals surface area contributed by atoms with Crippen LogP contribution >= 0.6 is 11.3 Å². The van der Waals surface area contributed by atoms with E-state index < -0.39 is 44.3 Å². The number of carbonyl (C=O) groups is 2. The molecule has 0 saturated carbocycles. The standard InChI is InChI=1S/C24H25N3O10S3/c1-35-21-14-17(40(33,34)27-8-10-36-11-9-27)5-6-19(21)25-22(29)15-37-24(30)18-13-16(4-7-20(18)28)26-39(31,32)23-3-2-12-38-23/h2-7,12-14,26,28H,8-11,15H2,1H3,(H,25,29). The number of nitrogens with one attached hydrogen (secondary N) is 2. The first kappa shape index (κ1) is 29.3. The number of hydrogen-bond acceptors (Lipinski definition) is 11. The lowest BCUT2D eigenvalue weighted by atomic mass is 10.2. The smallest absolute Gasteiger partial charge is 0.342 e. The van der Waals surface area contributed by atoms with Gasteiger partial charge in [0, 0.05) is 24.8 Å². The quantitative estimate of drug-likeness (QED) is 0.227. The molecule has 2 heterocycles. The van der Waals surface area contributed by atoms with E-state index in [-0.39, 0.29) is 58.1 Å². The fraction of sp³-hybridized carbons (Fsp3) is 0.250. The van der Waals surface area contributed by atoms with Crippen molar-refractivity contribution in [3.05, 3.63) is 59.5 Å². The topological polar surface area (TPSA) is 178 Å². The molecule has 1 fully saturated rings. The first-order chi connectivity index (χ1) is 19.0. The number of carbonyl (C=O) groups excluding carboxylic acids is 2. The Morgan fingerprint density at radius 3 is 2.50 bits per heavy atom. The van der Waals surface area contributed by atoms with Gasteiger partial charge in [0.25, 0.3) is 15.9 Å². The zero-order valence-corrected chi connectivity index (χ0v) is 23.5. The van der Waals surface area contributed by atoms with E-state index in [1.807, 2.05) is 0 Å². The minimum atomic E-state index is -3.90. The van der Waals surface area contributed by atoms with Crippen LogP contribution in [0.15, 0.2) is 63.0 Å². The molecule has 4 rings (SSSR count). The Morgan fingerprint density at radius 2 is 1.82 bits per heavy atom. The molecule has 0 spiro atoms. The number of methoxy groups -OCH3 is 1. The van der Waals surface area contributed by atoms with E-state index in [1.54, 1.807) is 11.4 Å². The maximum atomic E-state index is 12.9. The summed E-state index contributed by atoms with van der Waals surface area (Å²) in [6.45, 7) is 0.244. The van der Waals surface area contributed by atoms with Crippen molar-refractivity contribution in [3.8, 4) is 11.5 Å². The van der Waals surface area contributed by atoms with E-state index in [0.717, 1.165) is 23.5 Å². The van der Waals surface area contributed by atoms with Crippen LogP contribution in [0.4, 0.5) is 11.4 Å². The van der Waals surface area contributed by atoms with Crippen molar-refractivity contribution in [2.45, 2.75) is 9.10 Å². The third-order valence-electron chi connectivity index (χ3n) is 5.62. The van der Waals surface area contributed by atoms with Crippen LogP contribution in [-0.2, 0) is 34.3 Å². The van der Waals surface area contributed by atoms with Gasteiger partial charge in [-0.1, -0.05) is 6.07 Å². The van der Waals surface area contributed by atoms with Gasteiger partial charge in [-0.2, -0.15) is 4.31 Å². The maximum absolute atomic E-state index is 12.9. The average molecular weight is 612 g/mol. The molecule has 0 unspecified atom stereocenters. The Hall–Kier alpha value is -3.70. The molecule has 3 aromatic rings. The summed E-state index contributed by atoms with van der Waals surface area (Å²) < 4.78 is 69.8. The van der Waals surface area contributed by atoms with Gasteiger partial charge >= 0.3 is 5.97 Å². The summed E-state index contributed by atoms with van der Waals surface area (Å²) >= 11 is 1.00. The normalized spacial score (nSPS) is 14.3. The van der Waals surface area contributed by atoms with Gasteiger partial charge in [-0.3, -0.25) is 9.52 Å². The summed E-state index contributed by atoms with van der Waals surface area (Å²) in [7, 11) is -6.39. The summed E-state index contributed by atoms with van der Waals surface area (Å²) in [4.78, 5) is 25.0. The van der Waals surface area contributed by atoms with Gasteiger partial charge in [0.05, 0.1) is 30.9 Å². The molecule has 1 aromatic heterocycles. The van der Waals surface area contributed by atoms with Crippen molar-refractivity contribution in [2.24, 2.45) is 0 Å². The van der Waals surface area contributed by atoms with Crippen molar-refractivity contribution >= 4 is 54.6 Å². The first-order valence-corrected chi connectivity index (χ1v) is 15.4. The molecule has 16 heteroatoms. The SMILES string of the molecule is COc1cc(S(=O)(=O)N2CCOCC2)ccc1NC(=O)COC(=O)c1cc(NS(=O)(=O)c2cccs2)ccc1O. The van der Waals surface area contributed by atoms with E-state index >= 15 is 0 Å². The molecule has 3 N–H and O–H groups in total. The zero-order chi connectivity index (χ0) is 28.9. The highest BCUT2D eigenvalue weighted by Crippen LogP contribution is 2.30. The Bertz CT molecular complexity index is 1600. The molecular formula is C24H25N3O10S3. The number of nitrogens with zero attached hydrogens (tertiary/aromatic N) is 1. The van der Waals surface area contributed by atoms with E-state index in [1.165, 1.54) is 41.7 Å². The first-order valence-electron chi connectivity index (χ1n) is 11.6. The Balaban J connectivity index is 1.40. The lowest BCUT2D eigenvalue weighted by Gasteiger charge is -2.26. The highest BCUT2D eigenvalue weighted by Gasteiger charge is 2.27. The molecular weight excluding hydrogens is 586 g/mol. The van der Waals surface area contributed by atoms with Crippen molar-refractivity contribution in [1.82, 2.24) is 4.31 Å².